The summed E-state index contributed by atoms with van der Waals surface area (Å²) in [5.74, 6) is -0.0254. The van der Waals surface area contributed by atoms with Crippen molar-refractivity contribution >= 4 is 15.7 Å². The van der Waals surface area contributed by atoms with E-state index in [1.807, 2.05) is 6.07 Å². The molecule has 0 fully saturated rings. The van der Waals surface area contributed by atoms with E-state index >= 15 is 0 Å². The second kappa shape index (κ2) is 5.32. The molecule has 0 aliphatic carbocycles. The van der Waals surface area contributed by atoms with Gasteiger partial charge in [0.25, 0.3) is 0 Å². The summed E-state index contributed by atoms with van der Waals surface area (Å²) in [6, 6.07) is 13.6. The molecule has 100 valence electrons. The summed E-state index contributed by atoms with van der Waals surface area (Å²) in [6.07, 6.45) is 0. The number of sulfonamides is 1. The lowest BCUT2D eigenvalue weighted by atomic mass is 10.2. The topological polar surface area (TPSA) is 66.4 Å². The van der Waals surface area contributed by atoms with Crippen LogP contribution in [0, 0.1) is 6.92 Å². The molecule has 0 amide bonds. The molecule has 0 radical (unpaired) electrons. The highest BCUT2D eigenvalue weighted by molar-refractivity contribution is 7.91. The van der Waals surface area contributed by atoms with Gasteiger partial charge in [0.05, 0.1) is 11.4 Å². The summed E-state index contributed by atoms with van der Waals surface area (Å²) < 4.78 is 26.4. The Labute approximate surface area is 112 Å². The first-order valence-corrected chi connectivity index (χ1v) is 7.45. The van der Waals surface area contributed by atoms with Gasteiger partial charge in [-0.1, -0.05) is 36.4 Å². The number of hydrogen-bond donors (Lipinski definition) is 2. The number of rotatable bonds is 4. The van der Waals surface area contributed by atoms with E-state index < -0.39 is 10.0 Å². The fraction of sp³-hybridized carbons (Fsp3) is 0.143. The van der Waals surface area contributed by atoms with Gasteiger partial charge in [-0.15, -0.1) is 0 Å². The number of phenolic OH excluding ortho intramolecular Hbond substituents is 1. The van der Waals surface area contributed by atoms with Crippen LogP contribution in [0.2, 0.25) is 0 Å². The Kier molecular flexibility index (Phi) is 3.76. The van der Waals surface area contributed by atoms with Crippen LogP contribution in [-0.2, 0) is 15.8 Å². The van der Waals surface area contributed by atoms with Gasteiger partial charge in [0.15, 0.2) is 0 Å². The summed E-state index contributed by atoms with van der Waals surface area (Å²) in [4.78, 5) is 0. The van der Waals surface area contributed by atoms with E-state index in [1.165, 1.54) is 6.07 Å². The zero-order valence-corrected chi connectivity index (χ0v) is 11.3. The number of aromatic hydroxyl groups is 1. The third-order valence-corrected chi connectivity index (χ3v) is 3.94. The Morgan fingerprint density at radius 3 is 2.42 bits per heavy atom. The molecule has 0 aliphatic rings. The SMILES string of the molecule is Cc1ccc(NS(=O)(=O)Cc2ccccc2)cc1O. The van der Waals surface area contributed by atoms with Crippen molar-refractivity contribution in [2.75, 3.05) is 4.72 Å². The third kappa shape index (κ3) is 3.72. The second-order valence-electron chi connectivity index (χ2n) is 4.35. The van der Waals surface area contributed by atoms with Gasteiger partial charge in [-0.2, -0.15) is 0 Å². The van der Waals surface area contributed by atoms with Crippen LogP contribution in [0.3, 0.4) is 0 Å². The molecular weight excluding hydrogens is 262 g/mol. The molecule has 0 aliphatic heterocycles. The molecule has 2 aromatic carbocycles. The van der Waals surface area contributed by atoms with Crippen molar-refractivity contribution < 1.29 is 13.5 Å². The van der Waals surface area contributed by atoms with Crippen molar-refractivity contribution in [1.82, 2.24) is 0 Å². The van der Waals surface area contributed by atoms with Crippen molar-refractivity contribution in [1.29, 1.82) is 0 Å². The average molecular weight is 277 g/mol. The molecule has 0 heterocycles. The molecule has 2 N–H and O–H groups in total. The second-order valence-corrected chi connectivity index (χ2v) is 6.07. The summed E-state index contributed by atoms with van der Waals surface area (Å²) in [7, 11) is -3.48. The first kappa shape index (κ1) is 13.4. The molecule has 0 aromatic heterocycles. The lowest BCUT2D eigenvalue weighted by Gasteiger charge is -2.09. The van der Waals surface area contributed by atoms with Crippen molar-refractivity contribution in [3.05, 3.63) is 59.7 Å². The molecule has 0 atom stereocenters. The molecule has 5 heteroatoms. The van der Waals surface area contributed by atoms with Gasteiger partial charge < -0.3 is 5.11 Å². The van der Waals surface area contributed by atoms with Crippen LogP contribution in [0.1, 0.15) is 11.1 Å². The van der Waals surface area contributed by atoms with E-state index in [2.05, 4.69) is 4.72 Å². The molecule has 0 unspecified atom stereocenters. The number of hydrogen-bond acceptors (Lipinski definition) is 3. The monoisotopic (exact) mass is 277 g/mol. The molecule has 0 saturated carbocycles. The van der Waals surface area contributed by atoms with E-state index in [9.17, 15) is 13.5 Å². The lowest BCUT2D eigenvalue weighted by Crippen LogP contribution is -2.14. The average Bonchev–Trinajstić information content (AvgIpc) is 2.34. The zero-order valence-electron chi connectivity index (χ0n) is 10.5. The smallest absolute Gasteiger partial charge is 0.236 e. The van der Waals surface area contributed by atoms with E-state index in [0.29, 0.717) is 16.8 Å². The van der Waals surface area contributed by atoms with Crippen LogP contribution in [0.15, 0.2) is 48.5 Å². The molecule has 2 rings (SSSR count). The minimum Gasteiger partial charge on any atom is -0.508 e. The van der Waals surface area contributed by atoms with Crippen molar-refractivity contribution in [2.24, 2.45) is 0 Å². The predicted molar refractivity (Wildman–Crippen MR) is 75.5 cm³/mol. The maximum Gasteiger partial charge on any atom is 0.236 e. The quantitative estimate of drug-likeness (QED) is 0.903. The normalized spacial score (nSPS) is 11.2. The summed E-state index contributed by atoms with van der Waals surface area (Å²) in [5, 5.41) is 9.55. The highest BCUT2D eigenvalue weighted by atomic mass is 32.2. The van der Waals surface area contributed by atoms with Gasteiger partial charge in [-0.05, 0) is 24.1 Å². The van der Waals surface area contributed by atoms with Gasteiger partial charge in [0, 0.05) is 6.07 Å². The molecule has 0 bridgehead atoms. The molecule has 2 aromatic rings. The van der Waals surface area contributed by atoms with Gasteiger partial charge in [0.1, 0.15) is 5.75 Å². The van der Waals surface area contributed by atoms with Gasteiger partial charge >= 0.3 is 0 Å². The van der Waals surface area contributed by atoms with E-state index in [1.54, 1.807) is 43.3 Å². The third-order valence-electron chi connectivity index (χ3n) is 2.68. The number of phenols is 1. The van der Waals surface area contributed by atoms with Crippen LogP contribution in [0.5, 0.6) is 5.75 Å². The maximum absolute atomic E-state index is 12.0. The van der Waals surface area contributed by atoms with Crippen LogP contribution < -0.4 is 4.72 Å². The highest BCUT2D eigenvalue weighted by Gasteiger charge is 2.12. The highest BCUT2D eigenvalue weighted by Crippen LogP contribution is 2.22. The fourth-order valence-electron chi connectivity index (χ4n) is 1.68. The standard InChI is InChI=1S/C14H15NO3S/c1-11-7-8-13(9-14(11)16)15-19(17,18)10-12-5-3-2-4-6-12/h2-9,15-16H,10H2,1H3. The predicted octanol–water partition coefficient (Wildman–Crippen LogP) is 2.64. The molecule has 0 spiro atoms. The van der Waals surface area contributed by atoms with Gasteiger partial charge in [-0.25, -0.2) is 8.42 Å². The Morgan fingerprint density at radius 2 is 1.79 bits per heavy atom. The first-order chi connectivity index (χ1) is 8.96. The van der Waals surface area contributed by atoms with Crippen LogP contribution in [0.25, 0.3) is 0 Å². The Bertz CT molecular complexity index is 666. The van der Waals surface area contributed by atoms with Crippen molar-refractivity contribution in [3.63, 3.8) is 0 Å². The molecule has 4 nitrogen and oxygen atoms in total. The summed E-state index contributed by atoms with van der Waals surface area (Å²) >= 11 is 0. The van der Waals surface area contributed by atoms with E-state index in [-0.39, 0.29) is 11.5 Å². The summed E-state index contributed by atoms with van der Waals surface area (Å²) in [6.45, 7) is 1.75. The van der Waals surface area contributed by atoms with Crippen molar-refractivity contribution in [3.8, 4) is 5.75 Å². The Morgan fingerprint density at radius 1 is 1.11 bits per heavy atom. The lowest BCUT2D eigenvalue weighted by molar-refractivity contribution is 0.471. The largest absolute Gasteiger partial charge is 0.508 e. The number of benzene rings is 2. The van der Waals surface area contributed by atoms with E-state index in [4.69, 9.17) is 0 Å². The Balaban J connectivity index is 2.15. The van der Waals surface area contributed by atoms with Gasteiger partial charge in [-0.3, -0.25) is 4.72 Å². The first-order valence-electron chi connectivity index (χ1n) is 5.80. The minimum atomic E-state index is -3.48. The van der Waals surface area contributed by atoms with Crippen LogP contribution in [0.4, 0.5) is 5.69 Å². The maximum atomic E-state index is 12.0. The zero-order chi connectivity index (χ0) is 13.9. The van der Waals surface area contributed by atoms with Gasteiger partial charge in [0.2, 0.25) is 10.0 Å². The van der Waals surface area contributed by atoms with Crippen LogP contribution in [-0.4, -0.2) is 13.5 Å². The number of aryl methyl sites for hydroxylation is 1. The molecule has 0 saturated heterocycles. The molecular formula is C14H15NO3S. The summed E-state index contributed by atoms with van der Waals surface area (Å²) in [5.41, 5.74) is 1.77. The fourth-order valence-corrected chi connectivity index (χ4v) is 2.87. The van der Waals surface area contributed by atoms with E-state index in [0.717, 1.165) is 0 Å². The van der Waals surface area contributed by atoms with Crippen LogP contribution >= 0.6 is 0 Å². The molecule has 19 heavy (non-hydrogen) atoms. The number of nitrogens with one attached hydrogen (secondary N) is 1. The number of anilines is 1. The minimum absolute atomic E-state index is 0.0694. The van der Waals surface area contributed by atoms with Crippen molar-refractivity contribution in [2.45, 2.75) is 12.7 Å². The Hall–Kier alpha value is -2.01.